The zero-order valence-electron chi connectivity index (χ0n) is 5.14. The second-order valence-electron chi connectivity index (χ2n) is 1.70. The van der Waals surface area contributed by atoms with Crippen LogP contribution in [0.15, 0.2) is 8.26 Å². The summed E-state index contributed by atoms with van der Waals surface area (Å²) in [5, 5.41) is 0. The Morgan fingerprint density at radius 2 is 1.82 bits per heavy atom. The van der Waals surface area contributed by atoms with E-state index in [-0.39, 0.29) is 0 Å². The first-order chi connectivity index (χ1) is 5.20. The second-order valence-corrected chi connectivity index (χ2v) is 4.87. The third-order valence-corrected chi connectivity index (χ3v) is 4.52. The standard InChI is InChI=1S/C6H2Br2O2S/c7-5-3(1-9)4(2-10)11-6(5)8/h1-2H. The van der Waals surface area contributed by atoms with E-state index in [0.717, 1.165) is 3.79 Å². The van der Waals surface area contributed by atoms with Gasteiger partial charge in [0, 0.05) is 0 Å². The van der Waals surface area contributed by atoms with Gasteiger partial charge in [-0.25, -0.2) is 0 Å². The van der Waals surface area contributed by atoms with Crippen LogP contribution in [0.25, 0.3) is 0 Å². The van der Waals surface area contributed by atoms with Crippen LogP contribution in [0.2, 0.25) is 0 Å². The fraction of sp³-hybridized carbons (Fsp3) is 0. The number of hydrogen-bond acceptors (Lipinski definition) is 3. The second kappa shape index (κ2) is 3.60. The molecule has 0 N–H and O–H groups in total. The average Bonchev–Trinajstić information content (AvgIpc) is 2.28. The van der Waals surface area contributed by atoms with Crippen LogP contribution >= 0.6 is 43.2 Å². The van der Waals surface area contributed by atoms with Crippen molar-refractivity contribution in [3.8, 4) is 0 Å². The Morgan fingerprint density at radius 1 is 1.18 bits per heavy atom. The molecule has 2 nitrogen and oxygen atoms in total. The van der Waals surface area contributed by atoms with Crippen LogP contribution in [0.5, 0.6) is 0 Å². The van der Waals surface area contributed by atoms with Crippen molar-refractivity contribution >= 4 is 55.8 Å². The third-order valence-electron chi connectivity index (χ3n) is 1.10. The normalized spacial score (nSPS) is 9.64. The number of rotatable bonds is 2. The number of thiophene rings is 1. The molecular weight excluding hydrogens is 296 g/mol. The fourth-order valence-electron chi connectivity index (χ4n) is 0.608. The van der Waals surface area contributed by atoms with Crippen LogP contribution in [0.3, 0.4) is 0 Å². The zero-order valence-corrected chi connectivity index (χ0v) is 9.12. The molecule has 0 spiro atoms. The predicted molar refractivity (Wildman–Crippen MR) is 50.5 cm³/mol. The maximum absolute atomic E-state index is 10.4. The summed E-state index contributed by atoms with van der Waals surface area (Å²) in [6, 6.07) is 0. The van der Waals surface area contributed by atoms with E-state index in [1.54, 1.807) is 0 Å². The summed E-state index contributed by atoms with van der Waals surface area (Å²) in [5.74, 6) is 0. The Hall–Kier alpha value is -0.0000000000000000555. The van der Waals surface area contributed by atoms with Crippen molar-refractivity contribution in [1.82, 2.24) is 0 Å². The predicted octanol–water partition coefficient (Wildman–Crippen LogP) is 2.90. The molecule has 0 aliphatic rings. The van der Waals surface area contributed by atoms with E-state index < -0.39 is 0 Å². The van der Waals surface area contributed by atoms with Crippen LogP contribution in [0.4, 0.5) is 0 Å². The van der Waals surface area contributed by atoms with Gasteiger partial charge in [-0.1, -0.05) is 0 Å². The summed E-state index contributed by atoms with van der Waals surface area (Å²) < 4.78 is 1.42. The summed E-state index contributed by atoms with van der Waals surface area (Å²) in [6.45, 7) is 0. The third kappa shape index (κ3) is 1.60. The molecule has 1 aromatic heterocycles. The molecule has 1 rings (SSSR count). The molecule has 0 aliphatic carbocycles. The summed E-state index contributed by atoms with van der Waals surface area (Å²) in [4.78, 5) is 21.2. The molecule has 0 bridgehead atoms. The average molecular weight is 298 g/mol. The van der Waals surface area contributed by atoms with E-state index >= 15 is 0 Å². The highest BCUT2D eigenvalue weighted by atomic mass is 79.9. The number of carbonyl (C=O) groups excluding carboxylic acids is 2. The first kappa shape index (κ1) is 9.09. The topological polar surface area (TPSA) is 34.1 Å². The van der Waals surface area contributed by atoms with Crippen molar-refractivity contribution in [2.45, 2.75) is 0 Å². The summed E-state index contributed by atoms with van der Waals surface area (Å²) in [6.07, 6.45) is 1.33. The molecule has 0 aromatic carbocycles. The van der Waals surface area contributed by atoms with Gasteiger partial charge in [0.25, 0.3) is 0 Å². The number of carbonyl (C=O) groups is 2. The number of hydrogen-bond donors (Lipinski definition) is 0. The Balaban J connectivity index is 3.37. The lowest BCUT2D eigenvalue weighted by atomic mass is 10.3. The molecule has 0 saturated carbocycles. The molecule has 0 amide bonds. The largest absolute Gasteiger partial charge is 0.298 e. The minimum atomic E-state index is 0.414. The van der Waals surface area contributed by atoms with Gasteiger partial charge in [-0.05, 0) is 31.9 Å². The van der Waals surface area contributed by atoms with Gasteiger partial charge in [0.1, 0.15) is 0 Å². The minimum Gasteiger partial charge on any atom is -0.298 e. The Bertz CT molecular complexity index is 306. The number of aldehydes is 2. The van der Waals surface area contributed by atoms with E-state index in [0.29, 0.717) is 27.5 Å². The molecule has 1 aromatic rings. The van der Waals surface area contributed by atoms with Gasteiger partial charge in [0.2, 0.25) is 0 Å². The highest BCUT2D eigenvalue weighted by Gasteiger charge is 2.12. The molecule has 0 unspecified atom stereocenters. The van der Waals surface area contributed by atoms with Crippen molar-refractivity contribution < 1.29 is 9.59 Å². The fourth-order valence-corrected chi connectivity index (χ4v) is 2.73. The molecule has 58 valence electrons. The molecule has 5 heteroatoms. The lowest BCUT2D eigenvalue weighted by Gasteiger charge is -1.84. The molecule has 0 aliphatic heterocycles. The van der Waals surface area contributed by atoms with Crippen LogP contribution in [0, 0.1) is 0 Å². The molecular formula is C6H2Br2O2S. The molecule has 0 fully saturated rings. The van der Waals surface area contributed by atoms with E-state index in [1.165, 1.54) is 11.3 Å². The SMILES string of the molecule is O=Cc1sc(Br)c(Br)c1C=O. The van der Waals surface area contributed by atoms with Gasteiger partial charge in [-0.2, -0.15) is 0 Å². The molecule has 0 atom stereocenters. The van der Waals surface area contributed by atoms with E-state index in [1.807, 2.05) is 0 Å². The van der Waals surface area contributed by atoms with Gasteiger partial charge in [-0.15, -0.1) is 11.3 Å². The summed E-state index contributed by atoms with van der Waals surface area (Å²) in [7, 11) is 0. The van der Waals surface area contributed by atoms with Gasteiger partial charge >= 0.3 is 0 Å². The Kier molecular flexibility index (Phi) is 2.98. The first-order valence-electron chi connectivity index (χ1n) is 2.58. The molecule has 0 radical (unpaired) electrons. The lowest BCUT2D eigenvalue weighted by Crippen LogP contribution is -1.82. The highest BCUT2D eigenvalue weighted by molar-refractivity contribution is 9.13. The number of halogens is 2. The van der Waals surface area contributed by atoms with Gasteiger partial charge in [0.15, 0.2) is 12.6 Å². The van der Waals surface area contributed by atoms with Gasteiger partial charge < -0.3 is 0 Å². The van der Waals surface area contributed by atoms with Crippen LogP contribution in [-0.2, 0) is 0 Å². The lowest BCUT2D eigenvalue weighted by molar-refractivity contribution is 0.109. The molecule has 0 saturated heterocycles. The van der Waals surface area contributed by atoms with Crippen molar-refractivity contribution in [3.63, 3.8) is 0 Å². The molecule has 1 heterocycles. The zero-order chi connectivity index (χ0) is 8.43. The smallest absolute Gasteiger partial charge is 0.160 e. The Morgan fingerprint density at radius 3 is 2.18 bits per heavy atom. The van der Waals surface area contributed by atoms with Crippen molar-refractivity contribution in [2.24, 2.45) is 0 Å². The summed E-state index contributed by atoms with van der Waals surface area (Å²) in [5.41, 5.74) is 0.414. The van der Waals surface area contributed by atoms with Gasteiger partial charge in [-0.3, -0.25) is 9.59 Å². The van der Waals surface area contributed by atoms with Crippen molar-refractivity contribution in [1.29, 1.82) is 0 Å². The monoisotopic (exact) mass is 296 g/mol. The molecule has 11 heavy (non-hydrogen) atoms. The highest BCUT2D eigenvalue weighted by Crippen LogP contribution is 2.35. The van der Waals surface area contributed by atoms with Gasteiger partial charge in [0.05, 0.1) is 18.7 Å². The summed E-state index contributed by atoms with van der Waals surface area (Å²) >= 11 is 7.61. The maximum Gasteiger partial charge on any atom is 0.160 e. The van der Waals surface area contributed by atoms with Crippen molar-refractivity contribution in [2.75, 3.05) is 0 Å². The van der Waals surface area contributed by atoms with Crippen LogP contribution in [-0.4, -0.2) is 12.6 Å². The maximum atomic E-state index is 10.4. The first-order valence-corrected chi connectivity index (χ1v) is 4.99. The quantitative estimate of drug-likeness (QED) is 0.787. The van der Waals surface area contributed by atoms with Crippen molar-refractivity contribution in [3.05, 3.63) is 18.7 Å². The van der Waals surface area contributed by atoms with E-state index in [2.05, 4.69) is 31.9 Å². The van der Waals surface area contributed by atoms with Crippen LogP contribution < -0.4 is 0 Å². The van der Waals surface area contributed by atoms with E-state index in [4.69, 9.17) is 0 Å². The Labute approximate surface area is 83.9 Å². The minimum absolute atomic E-state index is 0.414. The van der Waals surface area contributed by atoms with Crippen LogP contribution in [0.1, 0.15) is 20.0 Å². The van der Waals surface area contributed by atoms with E-state index in [9.17, 15) is 9.59 Å².